The molecule has 304 valence electrons. The Labute approximate surface area is 369 Å². The average molecular weight is 824 g/mol. The molecule has 0 saturated heterocycles. The Morgan fingerprint density at radius 1 is 0.391 bits per heavy atom. The first-order valence-electron chi connectivity index (χ1n) is 23.0. The third-order valence-electron chi connectivity index (χ3n) is 15.9. The third-order valence-corrected chi connectivity index (χ3v) is 15.9. The lowest BCUT2D eigenvalue weighted by Crippen LogP contribution is -2.55. The van der Waals surface area contributed by atoms with E-state index in [0.29, 0.717) is 17.5 Å². The second-order valence-corrected chi connectivity index (χ2v) is 19.1. The van der Waals surface area contributed by atoms with Crippen LogP contribution in [-0.2, 0) is 5.41 Å². The van der Waals surface area contributed by atoms with Crippen LogP contribution >= 0.6 is 0 Å². The molecule has 16 rings (SSSR count). The molecule has 0 amide bonds. The number of nitrogens with zero attached hydrogens (tertiary/aromatic N) is 3. The molecule has 8 aromatic carbocycles. The summed E-state index contributed by atoms with van der Waals surface area (Å²) in [5, 5.41) is 6.89. The molecule has 64 heavy (non-hydrogen) atoms. The predicted molar refractivity (Wildman–Crippen MR) is 257 cm³/mol. The smallest absolute Gasteiger partial charge is 0.167 e. The van der Waals surface area contributed by atoms with E-state index in [1.165, 1.54) is 65.1 Å². The Hall–Kier alpha value is -7.37. The van der Waals surface area contributed by atoms with Crippen LogP contribution in [-0.4, -0.2) is 15.0 Å². The lowest BCUT2D eigenvalue weighted by Gasteiger charge is -2.61. The Morgan fingerprint density at radius 3 is 1.55 bits per heavy atom. The maximum Gasteiger partial charge on any atom is 0.167 e. The number of para-hydroxylation sites is 4. The van der Waals surface area contributed by atoms with Crippen LogP contribution in [0.15, 0.2) is 173 Å². The Balaban J connectivity index is 0.881. The minimum Gasteiger partial charge on any atom is -0.455 e. The first-order valence-corrected chi connectivity index (χ1v) is 23.0. The van der Waals surface area contributed by atoms with Crippen LogP contribution in [0.25, 0.3) is 111 Å². The van der Waals surface area contributed by atoms with Crippen LogP contribution in [0.3, 0.4) is 0 Å². The van der Waals surface area contributed by atoms with Crippen molar-refractivity contribution in [2.24, 2.45) is 23.7 Å². The molecule has 3 heterocycles. The lowest BCUT2D eigenvalue weighted by molar-refractivity contribution is -0.0399. The van der Waals surface area contributed by atoms with E-state index < -0.39 is 0 Å². The largest absolute Gasteiger partial charge is 0.455 e. The molecule has 4 saturated carbocycles. The Morgan fingerprint density at radius 2 is 0.906 bits per heavy atom. The highest BCUT2D eigenvalue weighted by Crippen LogP contribution is 2.70. The van der Waals surface area contributed by atoms with Gasteiger partial charge in [-0.3, -0.25) is 0 Å². The number of hydrogen-bond donors (Lipinski definition) is 0. The van der Waals surface area contributed by atoms with Gasteiger partial charge in [-0.05, 0) is 130 Å². The molecule has 3 aromatic heterocycles. The van der Waals surface area contributed by atoms with Gasteiger partial charge < -0.3 is 8.83 Å². The minimum absolute atomic E-state index is 0.123. The topological polar surface area (TPSA) is 65.0 Å². The van der Waals surface area contributed by atoms with Crippen molar-refractivity contribution in [3.8, 4) is 56.4 Å². The van der Waals surface area contributed by atoms with Crippen molar-refractivity contribution in [3.05, 3.63) is 175 Å². The van der Waals surface area contributed by atoms with Crippen LogP contribution in [0.2, 0.25) is 0 Å². The van der Waals surface area contributed by atoms with Crippen molar-refractivity contribution in [2.75, 3.05) is 0 Å². The van der Waals surface area contributed by atoms with Gasteiger partial charge >= 0.3 is 0 Å². The van der Waals surface area contributed by atoms with Gasteiger partial charge in [0.2, 0.25) is 0 Å². The van der Waals surface area contributed by atoms with Crippen LogP contribution in [0, 0.1) is 23.7 Å². The van der Waals surface area contributed by atoms with Gasteiger partial charge in [0, 0.05) is 32.5 Å². The summed E-state index contributed by atoms with van der Waals surface area (Å²) in [6.07, 6.45) is 6.97. The molecule has 5 aliphatic carbocycles. The van der Waals surface area contributed by atoms with Crippen LogP contribution < -0.4 is 0 Å². The first kappa shape index (κ1) is 35.1. The molecule has 0 N–H and O–H groups in total. The monoisotopic (exact) mass is 823 g/mol. The molecular weight excluding hydrogens is 783 g/mol. The van der Waals surface area contributed by atoms with Crippen LogP contribution in [0.5, 0.6) is 0 Å². The molecule has 0 unspecified atom stereocenters. The summed E-state index contributed by atoms with van der Waals surface area (Å²) in [5.41, 5.74) is 14.3. The molecule has 4 fully saturated rings. The highest BCUT2D eigenvalue weighted by atomic mass is 16.3. The van der Waals surface area contributed by atoms with Gasteiger partial charge in [-0.1, -0.05) is 133 Å². The summed E-state index contributed by atoms with van der Waals surface area (Å²) in [6, 6.07) is 58.9. The SMILES string of the molecule is c1ccc2c3c(ccc2c1)C1(c2ccc(-c4ccc(-c5nc(-c6cccc7c6oc6ccccc67)nc(-c6cccc7c6oc6ccccc67)n5)cc4)cc2-3)C2CC3CC(C2)CC1C3. The van der Waals surface area contributed by atoms with Crippen molar-refractivity contribution in [1.82, 2.24) is 15.0 Å². The molecule has 1 spiro atoms. The van der Waals surface area contributed by atoms with E-state index in [-0.39, 0.29) is 5.41 Å². The standard InChI is InChI=1S/C59H41N3O2/c1-2-10-41-36(9-1)23-26-50-53(41)48-32-38(24-25-49(48)59(50)39-28-33-27-34(30-39)31-40(59)29-33)35-19-21-37(22-20-35)56-60-57(46-15-7-13-44-42-11-3-5-17-51(42)63-54(44)46)62-58(61-56)47-16-8-14-45-43-12-4-6-18-52(43)64-55(45)47/h1-26,32-34,39-40H,27-31H2. The normalized spacial score (nSPS) is 21.8. The molecule has 0 radical (unpaired) electrons. The highest BCUT2D eigenvalue weighted by molar-refractivity contribution is 6.11. The Kier molecular flexibility index (Phi) is 7.06. The van der Waals surface area contributed by atoms with Gasteiger partial charge in [-0.2, -0.15) is 0 Å². The average Bonchev–Trinajstić information content (AvgIpc) is 4.01. The van der Waals surface area contributed by atoms with Gasteiger partial charge in [0.15, 0.2) is 17.5 Å². The molecule has 5 nitrogen and oxygen atoms in total. The molecule has 11 aromatic rings. The number of furan rings is 2. The summed E-state index contributed by atoms with van der Waals surface area (Å²) in [7, 11) is 0. The summed E-state index contributed by atoms with van der Waals surface area (Å²) < 4.78 is 13.1. The fraction of sp³-hybridized carbons (Fsp3) is 0.169. The van der Waals surface area contributed by atoms with Crippen molar-refractivity contribution in [3.63, 3.8) is 0 Å². The third kappa shape index (κ3) is 4.76. The maximum absolute atomic E-state index is 6.53. The van der Waals surface area contributed by atoms with Crippen molar-refractivity contribution in [1.29, 1.82) is 0 Å². The number of rotatable bonds is 4. The van der Waals surface area contributed by atoms with E-state index in [4.69, 9.17) is 23.8 Å². The van der Waals surface area contributed by atoms with Crippen molar-refractivity contribution >= 4 is 54.6 Å². The fourth-order valence-corrected chi connectivity index (χ4v) is 13.6. The van der Waals surface area contributed by atoms with E-state index in [1.54, 1.807) is 11.1 Å². The van der Waals surface area contributed by atoms with E-state index in [0.717, 1.165) is 84.2 Å². The molecule has 4 bridgehead atoms. The van der Waals surface area contributed by atoms with Gasteiger partial charge in [-0.15, -0.1) is 0 Å². The summed E-state index contributed by atoms with van der Waals surface area (Å²) in [6.45, 7) is 0. The zero-order chi connectivity index (χ0) is 41.7. The highest BCUT2D eigenvalue weighted by Gasteiger charge is 2.61. The quantitative estimate of drug-likeness (QED) is 0.177. The Bertz CT molecular complexity index is 3600. The van der Waals surface area contributed by atoms with E-state index in [9.17, 15) is 0 Å². The molecule has 5 aliphatic rings. The summed E-state index contributed by atoms with van der Waals surface area (Å²) in [4.78, 5) is 15.6. The lowest BCUT2D eigenvalue weighted by atomic mass is 9.43. The van der Waals surface area contributed by atoms with Gasteiger partial charge in [0.05, 0.1) is 11.1 Å². The second kappa shape index (κ2) is 12.9. The zero-order valence-corrected chi connectivity index (χ0v) is 35.1. The van der Waals surface area contributed by atoms with E-state index >= 15 is 0 Å². The first-order chi connectivity index (χ1) is 31.7. The number of hydrogen-bond acceptors (Lipinski definition) is 5. The number of fused-ring (bicyclic) bond motifs is 11. The molecule has 0 aliphatic heterocycles. The maximum atomic E-state index is 6.53. The predicted octanol–water partition coefficient (Wildman–Crippen LogP) is 15.2. The second-order valence-electron chi connectivity index (χ2n) is 19.1. The van der Waals surface area contributed by atoms with Crippen molar-refractivity contribution < 1.29 is 8.83 Å². The van der Waals surface area contributed by atoms with Gasteiger partial charge in [0.25, 0.3) is 0 Å². The molecule has 0 atom stereocenters. The minimum atomic E-state index is 0.123. The van der Waals surface area contributed by atoms with E-state index in [1.807, 2.05) is 48.5 Å². The van der Waals surface area contributed by atoms with Crippen molar-refractivity contribution in [2.45, 2.75) is 37.5 Å². The molecular formula is C59H41N3O2. The molecule has 5 heteroatoms. The van der Waals surface area contributed by atoms with Gasteiger partial charge in [0.1, 0.15) is 22.3 Å². The van der Waals surface area contributed by atoms with Crippen LogP contribution in [0.4, 0.5) is 0 Å². The number of benzene rings is 8. The fourth-order valence-electron chi connectivity index (χ4n) is 13.6. The zero-order valence-electron chi connectivity index (χ0n) is 35.1. The number of aromatic nitrogens is 3. The summed E-state index contributed by atoms with van der Waals surface area (Å²) >= 11 is 0. The van der Waals surface area contributed by atoms with Crippen LogP contribution in [0.1, 0.15) is 43.2 Å². The van der Waals surface area contributed by atoms with E-state index in [2.05, 4.69) is 115 Å². The summed E-state index contributed by atoms with van der Waals surface area (Å²) in [5.74, 6) is 4.95. The van der Waals surface area contributed by atoms with Gasteiger partial charge in [-0.25, -0.2) is 15.0 Å².